The minimum Gasteiger partial charge on any atom is -0.377 e. The molecule has 1 atom stereocenters. The monoisotopic (exact) mass is 583 g/mol. The first kappa shape index (κ1) is 29.4. The van der Waals surface area contributed by atoms with Gasteiger partial charge in [-0.25, -0.2) is 13.4 Å². The molecular weight excluding hydrogens is 551 g/mol. The van der Waals surface area contributed by atoms with E-state index in [2.05, 4.69) is 10.3 Å². The third kappa shape index (κ3) is 6.62. The first-order valence-corrected chi connectivity index (χ1v) is 15.0. The van der Waals surface area contributed by atoms with Crippen molar-refractivity contribution in [3.63, 3.8) is 0 Å². The number of thiazole rings is 1. The highest BCUT2D eigenvalue weighted by atomic mass is 32.2. The zero-order valence-electron chi connectivity index (χ0n) is 22.2. The van der Waals surface area contributed by atoms with E-state index < -0.39 is 27.8 Å². The second kappa shape index (κ2) is 11.1. The van der Waals surface area contributed by atoms with Gasteiger partial charge in [-0.15, -0.1) is 11.3 Å². The van der Waals surface area contributed by atoms with Crippen molar-refractivity contribution in [3.8, 4) is 10.4 Å². The number of methoxy groups -OCH3 is 1. The van der Waals surface area contributed by atoms with Crippen LogP contribution in [0.3, 0.4) is 0 Å². The van der Waals surface area contributed by atoms with Crippen LogP contribution in [0.25, 0.3) is 21.2 Å². The van der Waals surface area contributed by atoms with Gasteiger partial charge >= 0.3 is 6.18 Å². The van der Waals surface area contributed by atoms with Crippen molar-refractivity contribution in [1.29, 1.82) is 0 Å². The maximum atomic E-state index is 13.1. The summed E-state index contributed by atoms with van der Waals surface area (Å²) < 4.78 is 72.5. The van der Waals surface area contributed by atoms with Crippen molar-refractivity contribution in [2.45, 2.75) is 69.2 Å². The van der Waals surface area contributed by atoms with Gasteiger partial charge in [0.15, 0.2) is 5.01 Å². The van der Waals surface area contributed by atoms with Crippen LogP contribution in [0, 0.1) is 5.92 Å². The van der Waals surface area contributed by atoms with E-state index in [0.29, 0.717) is 23.3 Å². The number of carbonyl (C=O) groups is 1. The molecule has 1 aromatic heterocycles. The van der Waals surface area contributed by atoms with E-state index in [9.17, 15) is 26.4 Å². The Kier molecular flexibility index (Phi) is 8.42. The predicted molar refractivity (Wildman–Crippen MR) is 145 cm³/mol. The van der Waals surface area contributed by atoms with E-state index >= 15 is 0 Å². The van der Waals surface area contributed by atoms with Crippen molar-refractivity contribution in [2.75, 3.05) is 13.7 Å². The molecule has 3 aromatic rings. The number of benzene rings is 2. The van der Waals surface area contributed by atoms with E-state index in [1.807, 2.05) is 13.8 Å². The number of ether oxygens (including phenoxy) is 1. The molecule has 1 heterocycles. The van der Waals surface area contributed by atoms with Crippen molar-refractivity contribution in [1.82, 2.24) is 15.0 Å². The van der Waals surface area contributed by atoms with E-state index in [0.717, 1.165) is 36.8 Å². The first-order valence-electron chi connectivity index (χ1n) is 12.7. The summed E-state index contributed by atoms with van der Waals surface area (Å²) in [6.45, 7) is 4.76. The molecule has 0 saturated heterocycles. The highest BCUT2D eigenvalue weighted by Crippen LogP contribution is 2.40. The lowest BCUT2D eigenvalue weighted by Crippen LogP contribution is -2.43. The van der Waals surface area contributed by atoms with Gasteiger partial charge in [-0.2, -0.15) is 17.9 Å². The molecule has 1 aliphatic carbocycles. The first-order chi connectivity index (χ1) is 18.2. The van der Waals surface area contributed by atoms with Crippen LogP contribution in [-0.2, 0) is 21.2 Å². The number of fused-ring (bicyclic) bond motifs is 1. The summed E-state index contributed by atoms with van der Waals surface area (Å²) in [5.74, 6) is 0.119. The van der Waals surface area contributed by atoms with Crippen LogP contribution >= 0.6 is 11.3 Å². The molecule has 1 saturated carbocycles. The Hall–Kier alpha value is -2.54. The maximum absolute atomic E-state index is 13.1. The number of aromatic nitrogens is 1. The standard InChI is InChI=1S/C27H32F3N3O4S2/c1-16(27(28,29)30)33-39(35,36)22-13-12-20(18-10-5-6-11-19(18)22)23-21(14-17-8-7-9-17)32-25(38-23)24(34)31-15-26(2,3)37-4/h5-6,10-13,16-17,33H,7-9,14-15H2,1-4H3,(H,31,34). The number of amides is 1. The molecule has 12 heteroatoms. The Morgan fingerprint density at radius 3 is 2.41 bits per heavy atom. The number of nitrogens with zero attached hydrogens (tertiary/aromatic N) is 1. The van der Waals surface area contributed by atoms with Gasteiger partial charge in [0.2, 0.25) is 10.0 Å². The number of halogens is 3. The minimum atomic E-state index is -4.72. The molecule has 2 aromatic carbocycles. The van der Waals surface area contributed by atoms with Gasteiger partial charge < -0.3 is 10.1 Å². The Morgan fingerprint density at radius 2 is 1.82 bits per heavy atom. The SMILES string of the molecule is COC(C)(C)CNC(=O)c1nc(CC2CCC2)c(-c2ccc(S(=O)(=O)NC(C)C(F)(F)F)c3ccccc23)s1. The highest BCUT2D eigenvalue weighted by Gasteiger charge is 2.39. The number of hydrogen-bond acceptors (Lipinski definition) is 6. The van der Waals surface area contributed by atoms with E-state index in [1.54, 1.807) is 42.2 Å². The van der Waals surface area contributed by atoms with Crippen LogP contribution in [0.4, 0.5) is 13.2 Å². The molecule has 212 valence electrons. The highest BCUT2D eigenvalue weighted by molar-refractivity contribution is 7.89. The summed E-state index contributed by atoms with van der Waals surface area (Å²) >= 11 is 1.22. The number of sulfonamides is 1. The van der Waals surface area contributed by atoms with Gasteiger partial charge in [0.1, 0.15) is 6.04 Å². The average molecular weight is 584 g/mol. The number of nitrogens with one attached hydrogen (secondary N) is 2. The molecular formula is C27H32F3N3O4S2. The molecule has 1 fully saturated rings. The zero-order valence-corrected chi connectivity index (χ0v) is 23.8. The molecule has 1 unspecified atom stereocenters. The van der Waals surface area contributed by atoms with Gasteiger partial charge in [0.05, 0.1) is 21.1 Å². The Bertz CT molecular complexity index is 1460. The van der Waals surface area contributed by atoms with Crippen molar-refractivity contribution in [3.05, 3.63) is 47.1 Å². The second-order valence-corrected chi connectivity index (χ2v) is 13.2. The summed E-state index contributed by atoms with van der Waals surface area (Å²) in [6, 6.07) is 7.32. The lowest BCUT2D eigenvalue weighted by Gasteiger charge is -2.25. The minimum absolute atomic E-state index is 0.247. The van der Waals surface area contributed by atoms with Gasteiger partial charge in [0.25, 0.3) is 5.91 Å². The number of hydrogen-bond donors (Lipinski definition) is 2. The molecule has 0 spiro atoms. The second-order valence-electron chi connectivity index (χ2n) is 10.5. The molecule has 1 aliphatic rings. The van der Waals surface area contributed by atoms with Gasteiger partial charge in [-0.1, -0.05) is 49.6 Å². The lowest BCUT2D eigenvalue weighted by atomic mass is 9.81. The fourth-order valence-electron chi connectivity index (χ4n) is 4.28. The van der Waals surface area contributed by atoms with Crippen LogP contribution in [-0.4, -0.2) is 50.8 Å². The van der Waals surface area contributed by atoms with Crippen molar-refractivity contribution >= 4 is 38.0 Å². The number of carbonyl (C=O) groups excluding carboxylic acids is 1. The van der Waals surface area contributed by atoms with Crippen LogP contribution in [0.1, 0.15) is 55.5 Å². The Labute approximate surface area is 230 Å². The largest absolute Gasteiger partial charge is 0.404 e. The lowest BCUT2D eigenvalue weighted by molar-refractivity contribution is -0.147. The maximum Gasteiger partial charge on any atom is 0.404 e. The fraction of sp³-hybridized carbons (Fsp3) is 0.481. The normalized spacial score (nSPS) is 15.8. The van der Waals surface area contributed by atoms with Crippen LogP contribution in [0.2, 0.25) is 0 Å². The van der Waals surface area contributed by atoms with Crippen molar-refractivity contribution < 1.29 is 31.1 Å². The topological polar surface area (TPSA) is 97.4 Å². The number of rotatable bonds is 10. The molecule has 0 radical (unpaired) electrons. The van der Waals surface area contributed by atoms with Crippen LogP contribution < -0.4 is 10.0 Å². The van der Waals surface area contributed by atoms with Gasteiger partial charge in [0, 0.05) is 24.6 Å². The average Bonchev–Trinajstić information content (AvgIpc) is 3.27. The molecule has 0 bridgehead atoms. The molecule has 0 aliphatic heterocycles. The summed E-state index contributed by atoms with van der Waals surface area (Å²) in [5, 5.41) is 3.98. The zero-order chi connectivity index (χ0) is 28.6. The molecule has 2 N–H and O–H groups in total. The molecule has 1 amide bonds. The van der Waals surface area contributed by atoms with Gasteiger partial charge in [-0.3, -0.25) is 4.79 Å². The van der Waals surface area contributed by atoms with E-state index in [-0.39, 0.29) is 27.7 Å². The summed E-state index contributed by atoms with van der Waals surface area (Å²) in [4.78, 5) is 18.2. The smallest absolute Gasteiger partial charge is 0.377 e. The van der Waals surface area contributed by atoms with E-state index in [1.165, 1.54) is 17.4 Å². The predicted octanol–water partition coefficient (Wildman–Crippen LogP) is 5.69. The van der Waals surface area contributed by atoms with Crippen LogP contribution in [0.5, 0.6) is 0 Å². The Morgan fingerprint density at radius 1 is 1.15 bits per heavy atom. The molecule has 7 nitrogen and oxygen atoms in total. The quantitative estimate of drug-likeness (QED) is 0.320. The van der Waals surface area contributed by atoms with Crippen molar-refractivity contribution in [2.24, 2.45) is 5.92 Å². The third-order valence-electron chi connectivity index (χ3n) is 7.07. The fourth-order valence-corrected chi connectivity index (χ4v) is 6.77. The van der Waals surface area contributed by atoms with E-state index in [4.69, 9.17) is 4.74 Å². The Balaban J connectivity index is 1.77. The molecule has 4 rings (SSSR count). The third-order valence-corrected chi connectivity index (χ3v) is 9.80. The summed E-state index contributed by atoms with van der Waals surface area (Å²) in [5.41, 5.74) is 0.876. The molecule has 39 heavy (non-hydrogen) atoms. The number of alkyl halides is 3. The summed E-state index contributed by atoms with van der Waals surface area (Å²) in [6.07, 6.45) is -0.759. The van der Waals surface area contributed by atoms with Crippen LogP contribution in [0.15, 0.2) is 41.3 Å². The van der Waals surface area contributed by atoms with Gasteiger partial charge in [-0.05, 0) is 44.6 Å². The summed E-state index contributed by atoms with van der Waals surface area (Å²) in [7, 11) is -2.91.